The molecule has 2 atom stereocenters. The van der Waals surface area contributed by atoms with Gasteiger partial charge in [0.15, 0.2) is 5.82 Å². The van der Waals surface area contributed by atoms with Crippen molar-refractivity contribution in [2.75, 3.05) is 12.3 Å². The van der Waals surface area contributed by atoms with E-state index in [1.807, 2.05) is 12.2 Å². The van der Waals surface area contributed by atoms with Gasteiger partial charge < -0.3 is 22.1 Å². The Balaban J connectivity index is 2.71. The molecule has 6 N–H and O–H groups in total. The van der Waals surface area contributed by atoms with Crippen LogP contribution in [0.1, 0.15) is 51.9 Å². The second-order valence-electron chi connectivity index (χ2n) is 7.12. The maximum absolute atomic E-state index is 13.2. The molecule has 10 heteroatoms. The van der Waals surface area contributed by atoms with Crippen molar-refractivity contribution in [1.29, 1.82) is 0 Å². The van der Waals surface area contributed by atoms with E-state index >= 15 is 0 Å². The van der Waals surface area contributed by atoms with E-state index in [0.29, 0.717) is 25.8 Å². The summed E-state index contributed by atoms with van der Waals surface area (Å²) >= 11 is 0. The van der Waals surface area contributed by atoms with Gasteiger partial charge in [0, 0.05) is 6.04 Å². The summed E-state index contributed by atoms with van der Waals surface area (Å²) in [4.78, 5) is 38.9. The molecular weight excluding hydrogens is 362 g/mol. The lowest BCUT2D eigenvalue weighted by Gasteiger charge is -2.45. The van der Waals surface area contributed by atoms with Gasteiger partial charge in [-0.05, 0) is 39.2 Å². The Morgan fingerprint density at radius 2 is 2.07 bits per heavy atom. The maximum atomic E-state index is 13.2. The number of nitrogen functional groups attached to an aromatic ring is 1. The lowest BCUT2D eigenvalue weighted by Crippen LogP contribution is -2.63. The zero-order chi connectivity index (χ0) is 20.7. The summed E-state index contributed by atoms with van der Waals surface area (Å²) in [6.45, 7) is 1.83. The lowest BCUT2D eigenvalue weighted by atomic mass is 9.87. The second-order valence-corrected chi connectivity index (χ2v) is 7.12. The summed E-state index contributed by atoms with van der Waals surface area (Å²) in [6.07, 6.45) is 7.94. The number of carbonyl (C=O) groups is 1. The number of carbonyl (C=O) groups excluding carboxylic acids is 3. The average molecular weight is 390 g/mol. The molecule has 1 aromatic heterocycles. The Morgan fingerprint density at radius 1 is 1.39 bits per heavy atom. The fraction of sp³-hybridized carbons (Fsp3) is 0.667. The van der Waals surface area contributed by atoms with Gasteiger partial charge in [-0.25, -0.2) is 9.48 Å². The number of anilines is 1. The Labute approximate surface area is 164 Å². The van der Waals surface area contributed by atoms with Gasteiger partial charge >= 0.3 is 0 Å². The van der Waals surface area contributed by atoms with Crippen molar-refractivity contribution in [1.82, 2.24) is 19.9 Å². The number of hydrogen-bond donors (Lipinski definition) is 3. The van der Waals surface area contributed by atoms with E-state index in [9.17, 15) is 14.4 Å². The first-order valence-corrected chi connectivity index (χ1v) is 9.53. The number of hydrogen-bond acceptors (Lipinski definition) is 8. The maximum Gasteiger partial charge on any atom is 0.256 e. The molecule has 1 saturated carbocycles. The molecule has 2 rings (SSSR count). The van der Waals surface area contributed by atoms with Gasteiger partial charge in [0.1, 0.15) is 5.94 Å². The van der Waals surface area contributed by atoms with E-state index < -0.39 is 17.6 Å². The first kappa shape index (κ1) is 21.7. The highest BCUT2D eigenvalue weighted by Crippen LogP contribution is 2.36. The van der Waals surface area contributed by atoms with Crippen LogP contribution in [-0.4, -0.2) is 56.7 Å². The van der Waals surface area contributed by atoms with E-state index in [1.165, 1.54) is 18.0 Å². The predicted molar refractivity (Wildman–Crippen MR) is 103 cm³/mol. The number of nitrogens with zero attached hydrogens (tertiary/aromatic N) is 4. The monoisotopic (exact) mass is 390 g/mol. The summed E-state index contributed by atoms with van der Waals surface area (Å²) < 4.78 is 1.11. The molecule has 1 fully saturated rings. The van der Waals surface area contributed by atoms with Crippen molar-refractivity contribution in [3.63, 3.8) is 0 Å². The smallest absolute Gasteiger partial charge is 0.256 e. The minimum Gasteiger partial charge on any atom is -0.381 e. The SMILES string of the molecule is C[C@H](N)C(=O)N(C1CCCCC1)[C@]([C]=O)(C(=C=O)CCCN)n1cc(N)nn1. The standard InChI is InChI=1S/C18H28N7O3/c1-13(20)17(28)25(15-7-3-2-4-8-15)18(12-27,14(11-26)6-5-9-19)24-10-16(21)22-23-24/h10,13,15H,2-9,19-21H2,1H3/t13-,18+/m0/s1. The minimum absolute atomic E-state index is 0.00239. The van der Waals surface area contributed by atoms with Crippen LogP contribution in [0.3, 0.4) is 0 Å². The van der Waals surface area contributed by atoms with E-state index in [1.54, 1.807) is 0 Å². The molecule has 0 unspecified atom stereocenters. The minimum atomic E-state index is -1.95. The third kappa shape index (κ3) is 4.14. The van der Waals surface area contributed by atoms with Crippen LogP contribution < -0.4 is 17.2 Å². The molecule has 1 aromatic rings. The highest BCUT2D eigenvalue weighted by molar-refractivity contribution is 5.88. The molecule has 10 nitrogen and oxygen atoms in total. The molecule has 0 spiro atoms. The van der Waals surface area contributed by atoms with Crippen LogP contribution in [-0.2, 0) is 20.0 Å². The molecule has 0 saturated heterocycles. The topological polar surface area (TPSA) is 163 Å². The van der Waals surface area contributed by atoms with Crippen LogP contribution in [0.4, 0.5) is 5.82 Å². The zero-order valence-corrected chi connectivity index (χ0v) is 16.1. The third-order valence-corrected chi connectivity index (χ3v) is 5.08. The van der Waals surface area contributed by atoms with Gasteiger partial charge in [-0.3, -0.25) is 9.59 Å². The number of rotatable bonds is 9. The van der Waals surface area contributed by atoms with Crippen molar-refractivity contribution in [2.24, 2.45) is 11.5 Å². The fourth-order valence-electron chi connectivity index (χ4n) is 3.72. The summed E-state index contributed by atoms with van der Waals surface area (Å²) in [7, 11) is 0. The van der Waals surface area contributed by atoms with Crippen LogP contribution in [0, 0.1) is 0 Å². The van der Waals surface area contributed by atoms with Crippen LogP contribution in [0.2, 0.25) is 0 Å². The van der Waals surface area contributed by atoms with Gasteiger partial charge in [-0.2, -0.15) is 0 Å². The Bertz CT molecular complexity index is 735. The Hall–Kier alpha value is -2.55. The summed E-state index contributed by atoms with van der Waals surface area (Å²) in [5.41, 5.74) is 15.2. The van der Waals surface area contributed by atoms with Crippen molar-refractivity contribution in [3.8, 4) is 0 Å². The summed E-state index contributed by atoms with van der Waals surface area (Å²) in [6, 6.07) is -1.20. The van der Waals surface area contributed by atoms with Gasteiger partial charge in [0.2, 0.25) is 11.6 Å². The highest BCUT2D eigenvalue weighted by atomic mass is 16.2. The van der Waals surface area contributed by atoms with E-state index in [-0.39, 0.29) is 23.9 Å². The normalized spacial score (nSPS) is 18.0. The first-order chi connectivity index (χ1) is 13.4. The van der Waals surface area contributed by atoms with Crippen molar-refractivity contribution in [2.45, 2.75) is 69.6 Å². The molecule has 1 heterocycles. The molecule has 153 valence electrons. The largest absolute Gasteiger partial charge is 0.381 e. The average Bonchev–Trinajstić information content (AvgIpc) is 3.14. The molecule has 0 aromatic carbocycles. The molecule has 0 bridgehead atoms. The van der Waals surface area contributed by atoms with Gasteiger partial charge in [-0.15, -0.1) is 5.10 Å². The molecule has 0 aliphatic heterocycles. The van der Waals surface area contributed by atoms with Gasteiger partial charge in [-0.1, -0.05) is 24.5 Å². The van der Waals surface area contributed by atoms with Crippen LogP contribution in [0.15, 0.2) is 11.8 Å². The predicted octanol–water partition coefficient (Wildman–Crippen LogP) is -0.372. The number of aromatic nitrogens is 3. The summed E-state index contributed by atoms with van der Waals surface area (Å²) in [5, 5.41) is 7.64. The highest BCUT2D eigenvalue weighted by Gasteiger charge is 2.51. The first-order valence-electron chi connectivity index (χ1n) is 9.53. The second kappa shape index (κ2) is 9.59. The van der Waals surface area contributed by atoms with Crippen molar-refractivity contribution < 1.29 is 14.4 Å². The van der Waals surface area contributed by atoms with Crippen LogP contribution in [0.25, 0.3) is 0 Å². The van der Waals surface area contributed by atoms with Gasteiger partial charge in [0.25, 0.3) is 6.29 Å². The van der Waals surface area contributed by atoms with Crippen molar-refractivity contribution >= 4 is 24.0 Å². The Morgan fingerprint density at radius 3 is 2.54 bits per heavy atom. The van der Waals surface area contributed by atoms with E-state index in [2.05, 4.69) is 10.3 Å². The lowest BCUT2D eigenvalue weighted by molar-refractivity contribution is -0.143. The van der Waals surface area contributed by atoms with Crippen molar-refractivity contribution in [3.05, 3.63) is 11.8 Å². The Kier molecular flexibility index (Phi) is 7.45. The quantitative estimate of drug-likeness (QED) is 0.481. The van der Waals surface area contributed by atoms with E-state index in [4.69, 9.17) is 17.2 Å². The molecule has 1 radical (unpaired) electrons. The molecule has 1 aliphatic carbocycles. The zero-order valence-electron chi connectivity index (χ0n) is 16.1. The van der Waals surface area contributed by atoms with Crippen LogP contribution in [0.5, 0.6) is 0 Å². The molecule has 1 amide bonds. The number of amides is 1. The third-order valence-electron chi connectivity index (χ3n) is 5.08. The molecule has 28 heavy (non-hydrogen) atoms. The fourth-order valence-corrected chi connectivity index (χ4v) is 3.72. The molecule has 1 aliphatic rings. The van der Waals surface area contributed by atoms with E-state index in [0.717, 1.165) is 23.9 Å². The van der Waals surface area contributed by atoms with Crippen LogP contribution >= 0.6 is 0 Å². The van der Waals surface area contributed by atoms with Gasteiger partial charge in [0.05, 0.1) is 17.8 Å². The summed E-state index contributed by atoms with van der Waals surface area (Å²) in [5.74, 6) is 1.39. The number of nitrogens with two attached hydrogens (primary N) is 3. The molecular formula is C18H28N7O3.